The lowest BCUT2D eigenvalue weighted by atomic mass is 9.75. The standard InChI is InChI=1S/C29H33ClFN9O/c1-16-19(6-7-23(31)36-16)26(22-14-40(39-38-22)29(27(33)41)8-5-9-29)37-18-10-20-24(35-15-28(2,3)4)17(12-32)13-34-25(20)21(30)11-18/h6-7,10-11,13-14,26,37-39H,5,8-9,15H2,1-4H3,(H2,33,41)(H,34,35)/t26-/m0/s1. The van der Waals surface area contributed by atoms with Gasteiger partial charge in [0.1, 0.15) is 11.6 Å². The lowest BCUT2D eigenvalue weighted by Crippen LogP contribution is -2.63. The number of hydrogen-bond donors (Lipinski definition) is 5. The van der Waals surface area contributed by atoms with Crippen LogP contribution in [0.5, 0.6) is 0 Å². The zero-order valence-electron chi connectivity index (χ0n) is 23.4. The highest BCUT2D eigenvalue weighted by Gasteiger charge is 2.49. The predicted molar refractivity (Wildman–Crippen MR) is 157 cm³/mol. The Hall–Kier alpha value is -4.14. The second-order valence-electron chi connectivity index (χ2n) is 11.8. The van der Waals surface area contributed by atoms with E-state index in [0.29, 0.717) is 69.2 Å². The van der Waals surface area contributed by atoms with Crippen LogP contribution in [0.25, 0.3) is 10.9 Å². The number of primary amides is 1. The maximum absolute atomic E-state index is 14.0. The number of amides is 1. The van der Waals surface area contributed by atoms with Crippen LogP contribution in [0.15, 0.2) is 42.4 Å². The second kappa shape index (κ2) is 10.7. The molecule has 3 aromatic rings. The Morgan fingerprint density at radius 3 is 2.71 bits per heavy atom. The topological polar surface area (TPSA) is 144 Å². The first kappa shape index (κ1) is 28.4. The second-order valence-corrected chi connectivity index (χ2v) is 12.2. The molecule has 2 aromatic heterocycles. The van der Waals surface area contributed by atoms with Crippen LogP contribution in [0.2, 0.25) is 5.02 Å². The molecule has 41 heavy (non-hydrogen) atoms. The summed E-state index contributed by atoms with van der Waals surface area (Å²) >= 11 is 6.73. The Kier molecular flexibility index (Phi) is 7.40. The van der Waals surface area contributed by atoms with Gasteiger partial charge < -0.3 is 21.8 Å². The number of aromatic nitrogens is 2. The summed E-state index contributed by atoms with van der Waals surface area (Å²) in [5, 5.41) is 19.5. The Morgan fingerprint density at radius 1 is 1.34 bits per heavy atom. The van der Waals surface area contributed by atoms with E-state index < -0.39 is 23.4 Å². The number of nitriles is 1. The Morgan fingerprint density at radius 2 is 2.10 bits per heavy atom. The first-order valence-corrected chi connectivity index (χ1v) is 13.8. The number of nitrogens with two attached hydrogens (primary N) is 1. The Bertz CT molecular complexity index is 1590. The largest absolute Gasteiger partial charge is 0.383 e. The summed E-state index contributed by atoms with van der Waals surface area (Å²) in [5.74, 6) is -0.990. The summed E-state index contributed by atoms with van der Waals surface area (Å²) in [5.41, 5.74) is 15.3. The van der Waals surface area contributed by atoms with E-state index in [2.05, 4.69) is 58.4 Å². The van der Waals surface area contributed by atoms with Crippen molar-refractivity contribution in [3.05, 3.63) is 70.2 Å². The molecule has 1 aliphatic carbocycles. The van der Waals surface area contributed by atoms with Crippen LogP contribution in [0.4, 0.5) is 15.8 Å². The molecule has 2 aliphatic rings. The number of anilines is 2. The number of pyridine rings is 2. The van der Waals surface area contributed by atoms with E-state index in [1.165, 1.54) is 12.3 Å². The molecule has 6 N–H and O–H groups in total. The average molecular weight is 578 g/mol. The number of hydrazine groups is 2. The molecule has 10 nitrogen and oxygen atoms in total. The lowest BCUT2D eigenvalue weighted by molar-refractivity contribution is -0.136. The van der Waals surface area contributed by atoms with Gasteiger partial charge in [-0.15, -0.1) is 5.53 Å². The normalized spacial score (nSPS) is 16.8. The number of aryl methyl sites for hydroxylation is 1. The van der Waals surface area contributed by atoms with Crippen molar-refractivity contribution in [2.75, 3.05) is 17.2 Å². The molecule has 1 amide bonds. The summed E-state index contributed by atoms with van der Waals surface area (Å²) < 4.78 is 14.0. The Labute approximate surface area is 243 Å². The van der Waals surface area contributed by atoms with Gasteiger partial charge in [0.15, 0.2) is 0 Å². The van der Waals surface area contributed by atoms with Gasteiger partial charge in [0, 0.05) is 41.3 Å². The smallest absolute Gasteiger partial charge is 0.244 e. The van der Waals surface area contributed by atoms with Crippen LogP contribution in [-0.2, 0) is 4.79 Å². The summed E-state index contributed by atoms with van der Waals surface area (Å²) in [6, 6.07) is 8.30. The summed E-state index contributed by atoms with van der Waals surface area (Å²) in [6.45, 7) is 8.66. The molecule has 214 valence electrons. The van der Waals surface area contributed by atoms with Gasteiger partial charge in [-0.1, -0.05) is 38.4 Å². The number of rotatable bonds is 8. The fourth-order valence-electron chi connectivity index (χ4n) is 5.13. The van der Waals surface area contributed by atoms with Crippen LogP contribution < -0.4 is 27.3 Å². The molecule has 3 heterocycles. The third-order valence-electron chi connectivity index (χ3n) is 7.56. The van der Waals surface area contributed by atoms with Crippen LogP contribution in [-0.4, -0.2) is 33.0 Å². The fourth-order valence-corrected chi connectivity index (χ4v) is 5.40. The zero-order valence-corrected chi connectivity index (χ0v) is 24.2. The van der Waals surface area contributed by atoms with Crippen molar-refractivity contribution >= 4 is 39.8 Å². The minimum Gasteiger partial charge on any atom is -0.383 e. The van der Waals surface area contributed by atoms with Crippen LogP contribution in [0.3, 0.4) is 0 Å². The number of fused-ring (bicyclic) bond motifs is 1. The van der Waals surface area contributed by atoms with Crippen LogP contribution in [0.1, 0.15) is 62.9 Å². The van der Waals surface area contributed by atoms with Crippen molar-refractivity contribution in [1.82, 2.24) is 25.9 Å². The number of benzene rings is 1. The molecule has 0 bridgehead atoms. The number of carbonyl (C=O) groups excluding carboxylic acids is 1. The lowest BCUT2D eigenvalue weighted by Gasteiger charge is -2.44. The van der Waals surface area contributed by atoms with Gasteiger partial charge in [-0.05, 0) is 49.8 Å². The van der Waals surface area contributed by atoms with Gasteiger partial charge in [-0.3, -0.25) is 14.8 Å². The Balaban J connectivity index is 1.58. The van der Waals surface area contributed by atoms with Crippen molar-refractivity contribution in [3.63, 3.8) is 0 Å². The van der Waals surface area contributed by atoms with Crippen molar-refractivity contribution < 1.29 is 9.18 Å². The van der Waals surface area contributed by atoms with Crippen molar-refractivity contribution in [3.8, 4) is 6.07 Å². The average Bonchev–Trinajstić information content (AvgIpc) is 3.34. The van der Waals surface area contributed by atoms with E-state index >= 15 is 0 Å². The summed E-state index contributed by atoms with van der Waals surface area (Å²) in [6.07, 6.45) is 5.49. The first-order chi connectivity index (χ1) is 19.4. The van der Waals surface area contributed by atoms with Crippen molar-refractivity contribution in [2.45, 2.75) is 58.5 Å². The number of hydrogen-bond acceptors (Lipinski definition) is 9. The van der Waals surface area contributed by atoms with E-state index in [0.717, 1.165) is 6.42 Å². The van der Waals surface area contributed by atoms with Gasteiger partial charge in [0.2, 0.25) is 11.9 Å². The molecule has 1 atom stereocenters. The minimum absolute atomic E-state index is 0.0393. The van der Waals surface area contributed by atoms with E-state index in [9.17, 15) is 14.4 Å². The van der Waals surface area contributed by atoms with Gasteiger partial charge in [-0.2, -0.15) is 9.65 Å². The summed E-state index contributed by atoms with van der Waals surface area (Å²) in [7, 11) is 0. The maximum Gasteiger partial charge on any atom is 0.244 e. The van der Waals surface area contributed by atoms with Gasteiger partial charge >= 0.3 is 0 Å². The number of nitrogens with zero attached hydrogens (tertiary/aromatic N) is 4. The molecule has 0 unspecified atom stereocenters. The summed E-state index contributed by atoms with van der Waals surface area (Å²) in [4.78, 5) is 20.8. The van der Waals surface area contributed by atoms with Crippen LogP contribution >= 0.6 is 11.6 Å². The third-order valence-corrected chi connectivity index (χ3v) is 7.84. The van der Waals surface area contributed by atoms with Crippen LogP contribution in [0, 0.1) is 29.6 Å². The predicted octanol–water partition coefficient (Wildman–Crippen LogP) is 4.79. The van der Waals surface area contributed by atoms with Crippen molar-refractivity contribution in [2.24, 2.45) is 11.1 Å². The molecule has 0 radical (unpaired) electrons. The third kappa shape index (κ3) is 5.45. The molecule has 0 saturated heterocycles. The fraction of sp³-hybridized carbons (Fsp3) is 0.379. The molecule has 5 rings (SSSR count). The maximum atomic E-state index is 14.0. The van der Waals surface area contributed by atoms with Gasteiger partial charge in [0.05, 0.1) is 33.5 Å². The molecule has 0 spiro atoms. The zero-order chi connectivity index (χ0) is 29.5. The molecule has 1 aliphatic heterocycles. The highest BCUT2D eigenvalue weighted by Crippen LogP contribution is 2.40. The number of halogens is 2. The number of nitrogens with one attached hydrogen (secondary N) is 4. The SMILES string of the molecule is Cc1nc(F)ccc1[C@H](Nc1cc(Cl)c2ncc(C#N)c(NCC(C)(C)C)c2c1)C1=CN(C2(C(N)=O)CCC2)NN1. The first-order valence-electron chi connectivity index (χ1n) is 13.4. The van der Waals surface area contributed by atoms with Gasteiger partial charge in [0.25, 0.3) is 0 Å². The monoisotopic (exact) mass is 577 g/mol. The number of carbonyl (C=O) groups is 1. The molecular formula is C29H33ClFN9O. The quantitative estimate of drug-likeness (QED) is 0.239. The van der Waals surface area contributed by atoms with E-state index in [1.54, 1.807) is 30.3 Å². The van der Waals surface area contributed by atoms with E-state index in [-0.39, 0.29) is 5.41 Å². The molecule has 1 aromatic carbocycles. The van der Waals surface area contributed by atoms with E-state index in [1.807, 2.05) is 6.07 Å². The van der Waals surface area contributed by atoms with Gasteiger partial charge in [-0.25, -0.2) is 4.98 Å². The molecular weight excluding hydrogens is 545 g/mol. The molecule has 12 heteroatoms. The van der Waals surface area contributed by atoms with Crippen molar-refractivity contribution in [1.29, 1.82) is 5.26 Å². The van der Waals surface area contributed by atoms with E-state index in [4.69, 9.17) is 17.3 Å². The highest BCUT2D eigenvalue weighted by atomic mass is 35.5. The molecule has 1 saturated carbocycles. The minimum atomic E-state index is -0.825. The molecule has 1 fully saturated rings. The highest BCUT2D eigenvalue weighted by molar-refractivity contribution is 6.35.